The average molecular weight is 1140 g/mol. The topological polar surface area (TPSA) is 175 Å². The van der Waals surface area contributed by atoms with Crippen LogP contribution in [0.5, 0.6) is 0 Å². The van der Waals surface area contributed by atoms with Crippen molar-refractivity contribution in [2.45, 2.75) is 340 Å². The Morgan fingerprint density at radius 1 is 0.420 bits per heavy atom. The lowest BCUT2D eigenvalue weighted by Gasteiger charge is -2.40. The Morgan fingerprint density at radius 2 is 0.765 bits per heavy atom. The lowest BCUT2D eigenvalue weighted by molar-refractivity contribution is -0.301. The molecule has 12 heteroatoms. The van der Waals surface area contributed by atoms with Crippen molar-refractivity contribution in [1.29, 1.82) is 0 Å². The third-order valence-corrected chi connectivity index (χ3v) is 15.1. The number of allylic oxidation sites excluding steroid dienone is 9. The second-order valence-electron chi connectivity index (χ2n) is 22.8. The summed E-state index contributed by atoms with van der Waals surface area (Å²) in [5, 5.41) is 31.6. The van der Waals surface area contributed by atoms with Crippen LogP contribution in [0.1, 0.15) is 303 Å². The maximum Gasteiger partial charge on any atom is 0.335 e. The molecule has 0 aromatic rings. The predicted octanol–water partition coefficient (Wildman–Crippen LogP) is 17.9. The molecule has 1 heterocycles. The summed E-state index contributed by atoms with van der Waals surface area (Å²) in [4.78, 5) is 51.3. The molecule has 0 aliphatic carbocycles. The van der Waals surface area contributed by atoms with Gasteiger partial charge in [-0.1, -0.05) is 300 Å². The molecular weight excluding hydrogens is 1020 g/mol. The van der Waals surface area contributed by atoms with E-state index >= 15 is 0 Å². The minimum Gasteiger partial charge on any atom is -0.479 e. The first-order valence-electron chi connectivity index (χ1n) is 33.3. The molecule has 1 fully saturated rings. The molecule has 0 radical (unpaired) electrons. The van der Waals surface area contributed by atoms with Crippen LogP contribution in [-0.4, -0.2) is 89.2 Å². The molecule has 0 amide bonds. The van der Waals surface area contributed by atoms with E-state index in [1.54, 1.807) is 6.08 Å². The van der Waals surface area contributed by atoms with E-state index in [9.17, 15) is 34.5 Å². The third-order valence-electron chi connectivity index (χ3n) is 15.1. The van der Waals surface area contributed by atoms with Gasteiger partial charge in [0.25, 0.3) is 0 Å². The molecule has 6 unspecified atom stereocenters. The highest BCUT2D eigenvalue weighted by Crippen LogP contribution is 2.27. The maximum atomic E-state index is 13.1. The first kappa shape index (κ1) is 75.4. The molecule has 0 saturated carbocycles. The summed E-state index contributed by atoms with van der Waals surface area (Å²) in [6.45, 7) is 5.85. The van der Waals surface area contributed by atoms with Gasteiger partial charge in [-0.25, -0.2) is 4.79 Å². The summed E-state index contributed by atoms with van der Waals surface area (Å²) >= 11 is 0. The molecule has 6 atom stereocenters. The highest BCUT2D eigenvalue weighted by Gasteiger charge is 2.50. The molecule has 0 spiro atoms. The molecular formula is C69H120O12. The first-order chi connectivity index (χ1) is 39.6. The number of ether oxygens (including phenoxy) is 5. The molecule has 0 aromatic heterocycles. The van der Waals surface area contributed by atoms with Crippen molar-refractivity contribution in [3.63, 3.8) is 0 Å². The van der Waals surface area contributed by atoms with Gasteiger partial charge in [-0.3, -0.25) is 14.4 Å². The number of carbonyl (C=O) groups excluding carboxylic acids is 3. The summed E-state index contributed by atoms with van der Waals surface area (Å²) in [7, 11) is 0. The van der Waals surface area contributed by atoms with Crippen molar-refractivity contribution >= 4 is 23.9 Å². The van der Waals surface area contributed by atoms with Crippen LogP contribution in [0.25, 0.3) is 0 Å². The molecule has 1 aliphatic rings. The van der Waals surface area contributed by atoms with Crippen LogP contribution < -0.4 is 0 Å². The minimum atomic E-state index is -1.91. The van der Waals surface area contributed by atoms with Gasteiger partial charge in [-0.05, 0) is 44.9 Å². The van der Waals surface area contributed by atoms with Gasteiger partial charge in [0.15, 0.2) is 24.6 Å². The first-order valence-corrected chi connectivity index (χ1v) is 33.3. The van der Waals surface area contributed by atoms with Crippen LogP contribution in [0.4, 0.5) is 0 Å². The van der Waals surface area contributed by atoms with Crippen molar-refractivity contribution in [1.82, 2.24) is 0 Å². The van der Waals surface area contributed by atoms with Crippen molar-refractivity contribution in [3.8, 4) is 0 Å². The highest BCUT2D eigenvalue weighted by molar-refractivity contribution is 5.74. The standard InChI is InChI=1S/C69H120O12/c1-4-7-10-13-16-19-22-25-28-30-31-33-36-39-42-45-48-51-54-57-63(72)80-67-65(74)64(73)66(68(75)76)81-69(67)78-59-60(79-62(71)56-53-50-47-44-41-38-34-27-24-21-18-15-12-9-6-3)58-77-61(70)55-52-49-46-43-40-37-35-32-29-26-23-20-17-14-11-8-5-2/h9,12,18,21,27,34,41,44,50,53,60,64-67,69,73-74H,4-8,10-11,13-17,19-20,22-26,28-33,35-40,42-43,45-49,51-52,54-59H2,1-3H3,(H,75,76)/b12-9-,21-18-,34-27-,44-41-,53-50-. The molecule has 0 bridgehead atoms. The Kier molecular flexibility index (Phi) is 53.0. The number of esters is 3. The molecule has 468 valence electrons. The molecule has 1 rings (SSSR count). The number of aliphatic hydroxyl groups excluding tert-OH is 2. The Bertz CT molecular complexity index is 1640. The van der Waals surface area contributed by atoms with Crippen molar-refractivity contribution in [3.05, 3.63) is 60.8 Å². The highest BCUT2D eigenvalue weighted by atomic mass is 16.7. The predicted molar refractivity (Wildman–Crippen MR) is 331 cm³/mol. The summed E-state index contributed by atoms with van der Waals surface area (Å²) in [6.07, 6.45) is 59.3. The van der Waals surface area contributed by atoms with Crippen molar-refractivity contribution in [2.75, 3.05) is 13.2 Å². The molecule has 1 saturated heterocycles. The van der Waals surface area contributed by atoms with Gasteiger partial charge >= 0.3 is 23.9 Å². The number of hydrogen-bond donors (Lipinski definition) is 3. The monoisotopic (exact) mass is 1140 g/mol. The van der Waals surface area contributed by atoms with Crippen molar-refractivity contribution < 1.29 is 58.2 Å². The Balaban J connectivity index is 2.66. The number of carboxylic acids is 1. The van der Waals surface area contributed by atoms with Gasteiger partial charge in [0.1, 0.15) is 18.8 Å². The molecule has 1 aliphatic heterocycles. The number of carboxylic acid groups (broad SMARTS) is 1. The number of rotatable bonds is 57. The molecule has 3 N–H and O–H groups in total. The molecule has 0 aromatic carbocycles. The maximum absolute atomic E-state index is 13.1. The largest absolute Gasteiger partial charge is 0.479 e. The van der Waals surface area contributed by atoms with E-state index in [2.05, 4.69) is 63.3 Å². The van der Waals surface area contributed by atoms with Gasteiger partial charge in [0, 0.05) is 12.8 Å². The summed E-state index contributed by atoms with van der Waals surface area (Å²) in [6, 6.07) is 0. The van der Waals surface area contributed by atoms with Gasteiger partial charge in [0.05, 0.1) is 13.0 Å². The SMILES string of the molecule is CC/C=C\C/C=C\C/C=C\C/C=C\C/C=C\CC(=O)OC(COC(=O)CCCCCCCCCCCCCCCCCCC)COC1OC(C(=O)O)C(O)C(O)C1OC(=O)CCCCCCCCCCCCCCCCCCCCC. The lowest BCUT2D eigenvalue weighted by atomic mass is 9.98. The van der Waals surface area contributed by atoms with E-state index in [1.165, 1.54) is 173 Å². The Hall–Kier alpha value is -3.58. The normalized spacial score (nSPS) is 18.1. The van der Waals surface area contributed by atoms with E-state index < -0.39 is 67.3 Å². The fourth-order valence-corrected chi connectivity index (χ4v) is 10.1. The number of carbonyl (C=O) groups is 4. The van der Waals surface area contributed by atoms with Crippen LogP contribution >= 0.6 is 0 Å². The van der Waals surface area contributed by atoms with E-state index in [1.807, 2.05) is 12.2 Å². The smallest absolute Gasteiger partial charge is 0.335 e. The number of hydrogen-bond acceptors (Lipinski definition) is 11. The molecule has 12 nitrogen and oxygen atoms in total. The van der Waals surface area contributed by atoms with Gasteiger partial charge in [0.2, 0.25) is 0 Å². The number of unbranched alkanes of at least 4 members (excludes halogenated alkanes) is 34. The van der Waals surface area contributed by atoms with E-state index in [4.69, 9.17) is 23.7 Å². The Labute approximate surface area is 494 Å². The zero-order valence-electron chi connectivity index (χ0n) is 51.8. The lowest BCUT2D eigenvalue weighted by Crippen LogP contribution is -2.61. The fourth-order valence-electron chi connectivity index (χ4n) is 10.1. The average Bonchev–Trinajstić information content (AvgIpc) is 3.52. The second-order valence-corrected chi connectivity index (χ2v) is 22.8. The number of aliphatic carboxylic acids is 1. The fraction of sp³-hybridized carbons (Fsp3) is 0.797. The van der Waals surface area contributed by atoms with Crippen molar-refractivity contribution in [2.24, 2.45) is 0 Å². The number of aliphatic hydroxyl groups is 2. The van der Waals surface area contributed by atoms with Gasteiger partial charge in [-0.15, -0.1) is 0 Å². The third kappa shape index (κ3) is 46.5. The van der Waals surface area contributed by atoms with Gasteiger partial charge < -0.3 is 39.0 Å². The quantitative estimate of drug-likeness (QED) is 0.0228. The summed E-state index contributed by atoms with van der Waals surface area (Å²) in [5.41, 5.74) is 0. The van der Waals surface area contributed by atoms with E-state index in [-0.39, 0.29) is 25.9 Å². The van der Waals surface area contributed by atoms with Gasteiger partial charge in [-0.2, -0.15) is 0 Å². The van der Waals surface area contributed by atoms with Crippen LogP contribution in [0.2, 0.25) is 0 Å². The zero-order valence-corrected chi connectivity index (χ0v) is 51.8. The van der Waals surface area contributed by atoms with Crippen LogP contribution in [-0.2, 0) is 42.9 Å². The minimum absolute atomic E-state index is 0.0542. The zero-order chi connectivity index (χ0) is 58.9. The Morgan fingerprint density at radius 3 is 1.14 bits per heavy atom. The van der Waals surface area contributed by atoms with E-state index in [0.29, 0.717) is 19.3 Å². The molecule has 81 heavy (non-hydrogen) atoms. The van der Waals surface area contributed by atoms with Crippen LogP contribution in [0.3, 0.4) is 0 Å². The van der Waals surface area contributed by atoms with E-state index in [0.717, 1.165) is 70.6 Å². The second kappa shape index (κ2) is 56.9. The summed E-state index contributed by atoms with van der Waals surface area (Å²) < 4.78 is 28.4. The van der Waals surface area contributed by atoms with Crippen LogP contribution in [0.15, 0.2) is 60.8 Å². The summed E-state index contributed by atoms with van der Waals surface area (Å²) in [5.74, 6) is -3.26. The van der Waals surface area contributed by atoms with Crippen LogP contribution in [0, 0.1) is 0 Å².